The lowest BCUT2D eigenvalue weighted by Crippen LogP contribution is -2.14. The maximum Gasteiger partial charge on any atom is 0.337 e. The molecule has 0 aliphatic rings. The predicted octanol–water partition coefficient (Wildman–Crippen LogP) is 2.93. The summed E-state index contributed by atoms with van der Waals surface area (Å²) in [6, 6.07) is 6.27. The van der Waals surface area contributed by atoms with Gasteiger partial charge in [-0.25, -0.2) is 9.18 Å². The number of hydrogen-bond donors (Lipinski definition) is 2. The van der Waals surface area contributed by atoms with Gasteiger partial charge in [0.15, 0.2) is 5.76 Å². The lowest BCUT2D eigenvalue weighted by Gasteiger charge is -2.07. The quantitative estimate of drug-likeness (QED) is 0.900. The van der Waals surface area contributed by atoms with Crippen molar-refractivity contribution < 1.29 is 23.5 Å². The van der Waals surface area contributed by atoms with Crippen LogP contribution in [-0.4, -0.2) is 17.0 Å². The number of aromatic carboxylic acids is 1. The second-order valence-electron chi connectivity index (χ2n) is 4.07. The Kier molecular flexibility index (Phi) is 3.84. The molecule has 0 atom stereocenters. The van der Waals surface area contributed by atoms with E-state index in [0.29, 0.717) is 12.2 Å². The third-order valence-electron chi connectivity index (χ3n) is 2.69. The smallest absolute Gasteiger partial charge is 0.337 e. The number of nitrogens with one attached hydrogen (secondary N) is 1. The second kappa shape index (κ2) is 5.56. The first-order chi connectivity index (χ1) is 9.51. The summed E-state index contributed by atoms with van der Waals surface area (Å²) in [4.78, 5) is 22.9. The number of hydrogen-bond acceptors (Lipinski definition) is 3. The molecule has 1 aromatic heterocycles. The van der Waals surface area contributed by atoms with Gasteiger partial charge >= 0.3 is 5.97 Å². The topological polar surface area (TPSA) is 79.5 Å². The molecule has 20 heavy (non-hydrogen) atoms. The molecule has 104 valence electrons. The number of anilines is 1. The van der Waals surface area contributed by atoms with Crippen LogP contribution in [0.25, 0.3) is 0 Å². The highest BCUT2D eigenvalue weighted by atomic mass is 19.1. The molecule has 1 heterocycles. The van der Waals surface area contributed by atoms with Crippen LogP contribution in [0.5, 0.6) is 0 Å². The third-order valence-corrected chi connectivity index (χ3v) is 2.69. The number of aryl methyl sites for hydroxylation is 1. The minimum absolute atomic E-state index is 0.0124. The third kappa shape index (κ3) is 2.85. The largest absolute Gasteiger partial charge is 0.478 e. The molecule has 0 saturated carbocycles. The van der Waals surface area contributed by atoms with Gasteiger partial charge < -0.3 is 14.8 Å². The summed E-state index contributed by atoms with van der Waals surface area (Å²) in [5.74, 6) is -1.88. The average Bonchev–Trinajstić information content (AvgIpc) is 2.89. The summed E-state index contributed by atoms with van der Waals surface area (Å²) in [5.41, 5.74) is -0.307. The molecule has 0 fully saturated rings. The van der Waals surface area contributed by atoms with Gasteiger partial charge in [0.05, 0.1) is 11.3 Å². The van der Waals surface area contributed by atoms with Crippen molar-refractivity contribution in [2.75, 3.05) is 5.32 Å². The van der Waals surface area contributed by atoms with Crippen molar-refractivity contribution >= 4 is 17.6 Å². The molecule has 1 amide bonds. The summed E-state index contributed by atoms with van der Waals surface area (Å²) < 4.78 is 18.3. The van der Waals surface area contributed by atoms with Gasteiger partial charge in [-0.1, -0.05) is 6.92 Å². The fourth-order valence-corrected chi connectivity index (χ4v) is 1.68. The minimum atomic E-state index is -1.33. The number of rotatable bonds is 4. The number of carbonyl (C=O) groups is 2. The van der Waals surface area contributed by atoms with E-state index in [4.69, 9.17) is 9.52 Å². The fraction of sp³-hybridized carbons (Fsp3) is 0.143. The van der Waals surface area contributed by atoms with E-state index in [1.165, 1.54) is 12.1 Å². The van der Waals surface area contributed by atoms with Gasteiger partial charge in [-0.05, 0) is 30.3 Å². The number of carbonyl (C=O) groups excluding carboxylic acids is 1. The van der Waals surface area contributed by atoms with E-state index >= 15 is 0 Å². The van der Waals surface area contributed by atoms with Crippen LogP contribution in [0.3, 0.4) is 0 Å². The Morgan fingerprint density at radius 3 is 2.65 bits per heavy atom. The Balaban J connectivity index is 2.25. The normalized spacial score (nSPS) is 10.3. The lowest BCUT2D eigenvalue weighted by molar-refractivity contribution is 0.0697. The van der Waals surface area contributed by atoms with Crippen molar-refractivity contribution in [3.8, 4) is 0 Å². The van der Waals surface area contributed by atoms with E-state index in [9.17, 15) is 14.0 Å². The zero-order valence-corrected chi connectivity index (χ0v) is 10.6. The van der Waals surface area contributed by atoms with Crippen molar-refractivity contribution in [1.82, 2.24) is 0 Å². The van der Waals surface area contributed by atoms with Gasteiger partial charge in [0, 0.05) is 6.42 Å². The molecule has 0 spiro atoms. The van der Waals surface area contributed by atoms with E-state index in [1.54, 1.807) is 6.07 Å². The molecule has 0 aliphatic carbocycles. The number of benzene rings is 1. The van der Waals surface area contributed by atoms with Crippen LogP contribution in [0, 0.1) is 5.82 Å². The highest BCUT2D eigenvalue weighted by molar-refractivity contribution is 6.06. The van der Waals surface area contributed by atoms with Crippen molar-refractivity contribution in [3.05, 3.63) is 53.2 Å². The molecule has 2 N–H and O–H groups in total. The molecule has 2 aromatic rings. The lowest BCUT2D eigenvalue weighted by atomic mass is 10.1. The van der Waals surface area contributed by atoms with Gasteiger partial charge in [0.25, 0.3) is 5.91 Å². The van der Waals surface area contributed by atoms with Crippen LogP contribution >= 0.6 is 0 Å². The maximum atomic E-state index is 13.0. The average molecular weight is 277 g/mol. The number of furan rings is 1. The van der Waals surface area contributed by atoms with Gasteiger partial charge in [0.2, 0.25) is 0 Å². The van der Waals surface area contributed by atoms with Crippen molar-refractivity contribution in [1.29, 1.82) is 0 Å². The Labute approximate surface area is 114 Å². The standard InChI is InChI=1S/C14H12FNO4/c1-2-9-4-6-12(20-9)13(17)16-11-5-3-8(15)7-10(11)14(18)19/h3-7H,2H2,1H3,(H,16,17)(H,18,19). The summed E-state index contributed by atoms with van der Waals surface area (Å²) in [6.07, 6.45) is 0.643. The monoisotopic (exact) mass is 277 g/mol. The van der Waals surface area contributed by atoms with Crippen molar-refractivity contribution in [2.45, 2.75) is 13.3 Å². The van der Waals surface area contributed by atoms with Crippen LogP contribution in [0.1, 0.15) is 33.6 Å². The van der Waals surface area contributed by atoms with Crippen LogP contribution in [0.15, 0.2) is 34.7 Å². The molecule has 1 aromatic carbocycles. The van der Waals surface area contributed by atoms with Gasteiger partial charge in [-0.2, -0.15) is 0 Å². The zero-order valence-electron chi connectivity index (χ0n) is 10.6. The van der Waals surface area contributed by atoms with Gasteiger partial charge in [0.1, 0.15) is 11.6 Å². The molecule has 0 aliphatic heterocycles. The number of carboxylic acid groups (broad SMARTS) is 1. The Morgan fingerprint density at radius 2 is 2.05 bits per heavy atom. The molecule has 0 unspecified atom stereocenters. The molecule has 5 nitrogen and oxygen atoms in total. The molecule has 0 bridgehead atoms. The van der Waals surface area contributed by atoms with Crippen LogP contribution in [0.4, 0.5) is 10.1 Å². The van der Waals surface area contributed by atoms with Gasteiger partial charge in [-0.15, -0.1) is 0 Å². The van der Waals surface area contributed by atoms with Crippen LogP contribution in [0.2, 0.25) is 0 Å². The molecule has 6 heteroatoms. The van der Waals surface area contributed by atoms with E-state index in [0.717, 1.165) is 12.1 Å². The zero-order chi connectivity index (χ0) is 14.7. The van der Waals surface area contributed by atoms with E-state index in [2.05, 4.69) is 5.32 Å². The SMILES string of the molecule is CCc1ccc(C(=O)Nc2ccc(F)cc2C(=O)O)o1. The van der Waals surface area contributed by atoms with E-state index in [-0.39, 0.29) is 17.0 Å². The van der Waals surface area contributed by atoms with E-state index in [1.807, 2.05) is 6.92 Å². The maximum absolute atomic E-state index is 13.0. The van der Waals surface area contributed by atoms with Crippen LogP contribution in [-0.2, 0) is 6.42 Å². The predicted molar refractivity (Wildman–Crippen MR) is 69.4 cm³/mol. The fourth-order valence-electron chi connectivity index (χ4n) is 1.68. The van der Waals surface area contributed by atoms with Crippen LogP contribution < -0.4 is 5.32 Å². The molecular formula is C14H12FNO4. The summed E-state index contributed by atoms with van der Waals surface area (Å²) in [5, 5.41) is 11.4. The number of carboxylic acids is 1. The second-order valence-corrected chi connectivity index (χ2v) is 4.07. The summed E-state index contributed by atoms with van der Waals surface area (Å²) in [6.45, 7) is 1.88. The molecule has 0 saturated heterocycles. The first kappa shape index (κ1) is 13.8. The van der Waals surface area contributed by atoms with E-state index < -0.39 is 17.7 Å². The molecular weight excluding hydrogens is 265 g/mol. The first-order valence-electron chi connectivity index (χ1n) is 5.94. The number of halogens is 1. The van der Waals surface area contributed by atoms with Crippen molar-refractivity contribution in [2.24, 2.45) is 0 Å². The number of amides is 1. The molecule has 2 rings (SSSR count). The Morgan fingerprint density at radius 1 is 1.30 bits per heavy atom. The highest BCUT2D eigenvalue weighted by Gasteiger charge is 2.16. The van der Waals surface area contributed by atoms with Crippen molar-refractivity contribution in [3.63, 3.8) is 0 Å². The van der Waals surface area contributed by atoms with Gasteiger partial charge in [-0.3, -0.25) is 4.79 Å². The Hall–Kier alpha value is -2.63. The molecule has 0 radical (unpaired) electrons. The summed E-state index contributed by atoms with van der Waals surface area (Å²) in [7, 11) is 0. The first-order valence-corrected chi connectivity index (χ1v) is 5.94. The minimum Gasteiger partial charge on any atom is -0.478 e. The summed E-state index contributed by atoms with van der Waals surface area (Å²) >= 11 is 0. The highest BCUT2D eigenvalue weighted by Crippen LogP contribution is 2.19. The Bertz CT molecular complexity index is 663.